The first-order valence-electron chi connectivity index (χ1n) is 3.28. The maximum Gasteiger partial charge on any atom is 0.116 e. The molecule has 0 saturated heterocycles. The van der Waals surface area contributed by atoms with E-state index < -0.39 is 6.04 Å². The molecule has 2 nitrogen and oxygen atoms in total. The Morgan fingerprint density at radius 3 is 2.70 bits per heavy atom. The van der Waals surface area contributed by atoms with Crippen molar-refractivity contribution in [3.8, 4) is 6.07 Å². The van der Waals surface area contributed by atoms with Crippen molar-refractivity contribution >= 4 is 11.6 Å². The van der Waals surface area contributed by atoms with Crippen molar-refractivity contribution in [1.29, 1.82) is 5.26 Å². The van der Waals surface area contributed by atoms with Gasteiger partial charge in [-0.15, -0.1) is 0 Å². The summed E-state index contributed by atoms with van der Waals surface area (Å²) >= 11 is 5.80. The van der Waals surface area contributed by atoms with E-state index in [1.165, 1.54) is 0 Å². The Bertz CT molecular complexity index is 202. The molecule has 0 saturated carbocycles. The van der Waals surface area contributed by atoms with Gasteiger partial charge in [0.05, 0.1) is 6.07 Å². The van der Waals surface area contributed by atoms with Crippen molar-refractivity contribution in [3.63, 3.8) is 0 Å². The van der Waals surface area contributed by atoms with Gasteiger partial charge in [0.25, 0.3) is 0 Å². The Kier molecular flexibility index (Phi) is 2.31. The number of nitrogens with zero attached hydrogens (tertiary/aromatic N) is 1. The minimum absolute atomic E-state index is 0.477. The van der Waals surface area contributed by atoms with Gasteiger partial charge in [0.2, 0.25) is 0 Å². The molecule has 0 aromatic carbocycles. The fraction of sp³-hybridized carbons (Fsp3) is 0.571. The van der Waals surface area contributed by atoms with E-state index in [9.17, 15) is 0 Å². The zero-order chi connectivity index (χ0) is 7.56. The lowest BCUT2D eigenvalue weighted by molar-refractivity contribution is 0.847. The molecule has 0 aromatic rings. The maximum atomic E-state index is 8.45. The van der Waals surface area contributed by atoms with E-state index >= 15 is 0 Å². The zero-order valence-electron chi connectivity index (χ0n) is 5.60. The second-order valence-corrected chi connectivity index (χ2v) is 2.85. The summed E-state index contributed by atoms with van der Waals surface area (Å²) in [4.78, 5) is 0. The average molecular weight is 157 g/mol. The van der Waals surface area contributed by atoms with E-state index in [1.807, 2.05) is 6.07 Å². The zero-order valence-corrected chi connectivity index (χ0v) is 6.36. The third-order valence-corrected chi connectivity index (χ3v) is 2.14. The summed E-state index contributed by atoms with van der Waals surface area (Å²) in [6.07, 6.45) is 2.84. The number of hydrogen-bond donors (Lipinski definition) is 1. The molecule has 0 amide bonds. The van der Waals surface area contributed by atoms with Crippen LogP contribution in [0.4, 0.5) is 0 Å². The molecule has 54 valence electrons. The predicted molar refractivity (Wildman–Crippen MR) is 40.3 cm³/mol. The van der Waals surface area contributed by atoms with Gasteiger partial charge in [0.1, 0.15) is 6.04 Å². The van der Waals surface area contributed by atoms with Crippen LogP contribution in [0.25, 0.3) is 0 Å². The summed E-state index contributed by atoms with van der Waals surface area (Å²) in [7, 11) is 0. The Morgan fingerprint density at radius 2 is 2.30 bits per heavy atom. The SMILES string of the molecule is N#CC(N)C1=C(Cl)CCC1. The third kappa shape index (κ3) is 1.31. The summed E-state index contributed by atoms with van der Waals surface area (Å²) in [5.74, 6) is 0. The number of hydrogen-bond acceptors (Lipinski definition) is 2. The first-order chi connectivity index (χ1) is 4.75. The van der Waals surface area contributed by atoms with Gasteiger partial charge in [-0.2, -0.15) is 5.26 Å². The van der Waals surface area contributed by atoms with E-state index in [0.29, 0.717) is 0 Å². The van der Waals surface area contributed by atoms with Crippen LogP contribution in [0, 0.1) is 11.3 Å². The van der Waals surface area contributed by atoms with E-state index in [4.69, 9.17) is 22.6 Å². The van der Waals surface area contributed by atoms with Crippen molar-refractivity contribution in [2.24, 2.45) is 5.73 Å². The van der Waals surface area contributed by atoms with Gasteiger partial charge in [-0.1, -0.05) is 11.6 Å². The summed E-state index contributed by atoms with van der Waals surface area (Å²) in [6, 6.07) is 1.50. The average Bonchev–Trinajstić information content (AvgIpc) is 2.34. The minimum Gasteiger partial charge on any atom is -0.312 e. The molecule has 10 heavy (non-hydrogen) atoms. The quantitative estimate of drug-likeness (QED) is 0.626. The lowest BCUT2D eigenvalue weighted by Gasteiger charge is -2.02. The van der Waals surface area contributed by atoms with E-state index in [-0.39, 0.29) is 0 Å². The van der Waals surface area contributed by atoms with Crippen molar-refractivity contribution in [2.45, 2.75) is 25.3 Å². The van der Waals surface area contributed by atoms with Crippen molar-refractivity contribution in [1.82, 2.24) is 0 Å². The molecule has 0 bridgehead atoms. The third-order valence-electron chi connectivity index (χ3n) is 1.71. The molecule has 1 atom stereocenters. The maximum absolute atomic E-state index is 8.45. The smallest absolute Gasteiger partial charge is 0.116 e. The first kappa shape index (κ1) is 7.59. The van der Waals surface area contributed by atoms with Gasteiger partial charge in [-0.3, -0.25) is 0 Å². The first-order valence-corrected chi connectivity index (χ1v) is 3.66. The van der Waals surface area contributed by atoms with Crippen LogP contribution in [0.1, 0.15) is 19.3 Å². The Labute approximate surface area is 65.3 Å². The van der Waals surface area contributed by atoms with Crippen molar-refractivity contribution in [2.75, 3.05) is 0 Å². The number of rotatable bonds is 1. The highest BCUT2D eigenvalue weighted by Gasteiger charge is 2.17. The molecule has 1 rings (SSSR count). The van der Waals surface area contributed by atoms with Crippen LogP contribution in [0.15, 0.2) is 10.6 Å². The predicted octanol–water partition coefficient (Wildman–Crippen LogP) is 1.51. The standard InChI is InChI=1S/C7H9ClN2/c8-6-3-1-2-5(6)7(10)4-9/h7H,1-3,10H2. The van der Waals surface area contributed by atoms with Gasteiger partial charge in [0.15, 0.2) is 0 Å². The summed E-state index contributed by atoms with van der Waals surface area (Å²) in [6.45, 7) is 0. The number of nitriles is 1. The van der Waals surface area contributed by atoms with Crippen LogP contribution in [0.3, 0.4) is 0 Å². The molecule has 0 fully saturated rings. The molecule has 2 N–H and O–H groups in total. The molecule has 0 aliphatic heterocycles. The highest BCUT2D eigenvalue weighted by molar-refractivity contribution is 6.30. The summed E-state index contributed by atoms with van der Waals surface area (Å²) in [5.41, 5.74) is 6.40. The van der Waals surface area contributed by atoms with Crippen LogP contribution in [0.5, 0.6) is 0 Å². The number of halogens is 1. The lowest BCUT2D eigenvalue weighted by Crippen LogP contribution is -2.19. The van der Waals surface area contributed by atoms with Crippen LogP contribution in [0.2, 0.25) is 0 Å². The van der Waals surface area contributed by atoms with E-state index in [2.05, 4.69) is 0 Å². The second-order valence-electron chi connectivity index (χ2n) is 2.39. The van der Waals surface area contributed by atoms with Gasteiger partial charge in [-0.25, -0.2) is 0 Å². The molecule has 1 unspecified atom stereocenters. The Hall–Kier alpha value is -0.520. The minimum atomic E-state index is -0.477. The van der Waals surface area contributed by atoms with Gasteiger partial charge in [-0.05, 0) is 24.8 Å². The molecule has 3 heteroatoms. The fourth-order valence-corrected chi connectivity index (χ4v) is 1.48. The van der Waals surface area contributed by atoms with Crippen LogP contribution in [-0.2, 0) is 0 Å². The summed E-state index contributed by atoms with van der Waals surface area (Å²) < 4.78 is 0. The molecule has 1 aliphatic carbocycles. The highest BCUT2D eigenvalue weighted by atomic mass is 35.5. The van der Waals surface area contributed by atoms with Crippen LogP contribution >= 0.6 is 11.6 Å². The van der Waals surface area contributed by atoms with Gasteiger partial charge >= 0.3 is 0 Å². The Morgan fingerprint density at radius 1 is 1.60 bits per heavy atom. The van der Waals surface area contributed by atoms with Crippen LogP contribution < -0.4 is 5.73 Å². The molecule has 0 radical (unpaired) electrons. The molecular weight excluding hydrogens is 148 g/mol. The van der Waals surface area contributed by atoms with Crippen molar-refractivity contribution < 1.29 is 0 Å². The normalized spacial score (nSPS) is 20.9. The lowest BCUT2D eigenvalue weighted by atomic mass is 10.1. The number of allylic oxidation sites excluding steroid dienone is 1. The largest absolute Gasteiger partial charge is 0.312 e. The monoisotopic (exact) mass is 156 g/mol. The Balaban J connectivity index is 2.73. The number of nitrogens with two attached hydrogens (primary N) is 1. The van der Waals surface area contributed by atoms with Crippen molar-refractivity contribution in [3.05, 3.63) is 10.6 Å². The van der Waals surface area contributed by atoms with Crippen LogP contribution in [-0.4, -0.2) is 6.04 Å². The van der Waals surface area contributed by atoms with Gasteiger partial charge in [0, 0.05) is 5.03 Å². The molecule has 0 aromatic heterocycles. The molecular formula is C7H9ClN2. The van der Waals surface area contributed by atoms with E-state index in [1.54, 1.807) is 0 Å². The molecule has 0 spiro atoms. The van der Waals surface area contributed by atoms with Gasteiger partial charge < -0.3 is 5.73 Å². The molecule has 1 aliphatic rings. The second kappa shape index (κ2) is 3.05. The fourth-order valence-electron chi connectivity index (χ4n) is 1.13. The van der Waals surface area contributed by atoms with E-state index in [0.717, 1.165) is 29.9 Å². The summed E-state index contributed by atoms with van der Waals surface area (Å²) in [5, 5.41) is 9.25. The topological polar surface area (TPSA) is 49.8 Å². The highest BCUT2D eigenvalue weighted by Crippen LogP contribution is 2.29. The molecule has 0 heterocycles.